The molecule has 2 aromatic carbocycles. The molecule has 2 saturated heterocycles. The molecule has 0 amide bonds. The Kier molecular flexibility index (Phi) is 3.98. The van der Waals surface area contributed by atoms with Crippen LogP contribution in [0.4, 0.5) is 0 Å². The summed E-state index contributed by atoms with van der Waals surface area (Å²) >= 11 is 0. The number of ether oxygens (including phenoxy) is 3. The van der Waals surface area contributed by atoms with Gasteiger partial charge in [0.1, 0.15) is 18.5 Å². The highest BCUT2D eigenvalue weighted by Gasteiger charge is 2.82. The monoisotopic (exact) mass is 473 g/mol. The molecule has 35 heavy (non-hydrogen) atoms. The molecule has 7 aliphatic rings. The first-order valence-electron chi connectivity index (χ1n) is 13.5. The van der Waals surface area contributed by atoms with Gasteiger partial charge in [-0.25, -0.2) is 0 Å². The minimum absolute atomic E-state index is 0.0633. The molecule has 1 N–H and O–H groups in total. The zero-order valence-corrected chi connectivity index (χ0v) is 20.8. The van der Waals surface area contributed by atoms with Crippen LogP contribution in [-0.4, -0.2) is 53.7 Å². The maximum atomic E-state index is 11.0. The molecule has 3 spiro atoms. The van der Waals surface area contributed by atoms with Gasteiger partial charge >= 0.3 is 0 Å². The van der Waals surface area contributed by atoms with Crippen LogP contribution in [0.15, 0.2) is 42.5 Å². The van der Waals surface area contributed by atoms with E-state index in [0.29, 0.717) is 18.6 Å². The summed E-state index contributed by atoms with van der Waals surface area (Å²) in [5, 5.41) is 11.0. The topological polar surface area (TPSA) is 51.2 Å². The molecular weight excluding hydrogens is 438 g/mol. The highest BCUT2D eigenvalue weighted by molar-refractivity contribution is 5.63. The zero-order chi connectivity index (χ0) is 23.6. The molecule has 3 heterocycles. The van der Waals surface area contributed by atoms with Crippen molar-refractivity contribution >= 4 is 0 Å². The maximum absolute atomic E-state index is 11.0. The van der Waals surface area contributed by atoms with Crippen LogP contribution in [-0.2, 0) is 27.7 Å². The van der Waals surface area contributed by atoms with Gasteiger partial charge in [0.25, 0.3) is 0 Å². The van der Waals surface area contributed by atoms with Crippen LogP contribution in [0.2, 0.25) is 0 Å². The Balaban J connectivity index is 1.35. The molecule has 3 aliphatic heterocycles. The summed E-state index contributed by atoms with van der Waals surface area (Å²) < 4.78 is 20.5. The Labute approximate surface area is 207 Å². The molecule has 3 saturated carbocycles. The van der Waals surface area contributed by atoms with Gasteiger partial charge in [0, 0.05) is 34.8 Å². The van der Waals surface area contributed by atoms with Crippen LogP contribution in [0.1, 0.15) is 55.7 Å². The van der Waals surface area contributed by atoms with Crippen LogP contribution < -0.4 is 4.74 Å². The Morgan fingerprint density at radius 2 is 1.91 bits per heavy atom. The second kappa shape index (κ2) is 6.62. The van der Waals surface area contributed by atoms with Gasteiger partial charge < -0.3 is 24.2 Å². The standard InChI is InChI=1S/C30H35NO4/c1-3-28(16-19-7-5-4-6-8-19)22-17-27-11-12-30(22,34-18-33-28)26-29(27)13-14-31(2)23(27)15-20-9-10-21(32)25(35-26)24(20)29/h4-10,22-23,26,32H,3,11-18H2,1-2H3/t22?,23-,26-,27-,28+,29+,30-/m1/s1. The average molecular weight is 474 g/mol. The van der Waals surface area contributed by atoms with Crippen molar-refractivity contribution in [3.8, 4) is 11.5 Å². The molecule has 7 atom stereocenters. The Hall–Kier alpha value is -2.08. The lowest BCUT2D eigenvalue weighted by atomic mass is 9.33. The third kappa shape index (κ3) is 2.20. The van der Waals surface area contributed by atoms with Crippen molar-refractivity contribution in [3.63, 3.8) is 0 Å². The SMILES string of the molecule is CC[C@@]1(Cc2ccccc2)OCO[C@]23CC[C@@]4(CC12)[C@H]1Cc2ccc(O)c5c2[C@@]4(CCN1C)[C@H]3O5. The first-order valence-corrected chi connectivity index (χ1v) is 13.5. The van der Waals surface area contributed by atoms with Gasteiger partial charge in [-0.05, 0) is 69.3 Å². The van der Waals surface area contributed by atoms with Crippen molar-refractivity contribution < 1.29 is 19.3 Å². The molecule has 0 radical (unpaired) electrons. The third-order valence-electron chi connectivity index (χ3n) is 11.5. The van der Waals surface area contributed by atoms with Crippen molar-refractivity contribution in [1.29, 1.82) is 0 Å². The van der Waals surface area contributed by atoms with E-state index in [0.717, 1.165) is 57.2 Å². The molecule has 5 nitrogen and oxygen atoms in total. The molecule has 184 valence electrons. The Morgan fingerprint density at radius 3 is 2.74 bits per heavy atom. The molecular formula is C30H35NO4. The van der Waals surface area contributed by atoms with E-state index >= 15 is 0 Å². The molecule has 4 bridgehead atoms. The van der Waals surface area contributed by atoms with E-state index in [9.17, 15) is 5.11 Å². The van der Waals surface area contributed by atoms with Gasteiger partial charge in [-0.3, -0.25) is 0 Å². The van der Waals surface area contributed by atoms with Gasteiger partial charge in [0.15, 0.2) is 11.5 Å². The fraction of sp³-hybridized carbons (Fsp3) is 0.600. The van der Waals surface area contributed by atoms with Crippen LogP contribution in [0.25, 0.3) is 0 Å². The number of hydrogen-bond acceptors (Lipinski definition) is 5. The van der Waals surface area contributed by atoms with E-state index in [2.05, 4.69) is 55.3 Å². The number of aromatic hydroxyl groups is 1. The number of hydrogen-bond donors (Lipinski definition) is 1. The van der Waals surface area contributed by atoms with E-state index in [1.807, 2.05) is 6.07 Å². The van der Waals surface area contributed by atoms with Gasteiger partial charge in [0.2, 0.25) is 0 Å². The number of likely N-dealkylation sites (N-methyl/N-ethyl adjacent to an activating group) is 1. The highest BCUT2D eigenvalue weighted by Crippen LogP contribution is 2.78. The summed E-state index contributed by atoms with van der Waals surface area (Å²) in [6, 6.07) is 15.3. The molecule has 0 aromatic heterocycles. The predicted octanol–water partition coefficient (Wildman–Crippen LogP) is 4.59. The summed E-state index contributed by atoms with van der Waals surface area (Å²) in [7, 11) is 2.32. The fourth-order valence-electron chi connectivity index (χ4n) is 10.1. The smallest absolute Gasteiger partial charge is 0.165 e. The van der Waals surface area contributed by atoms with E-state index in [1.54, 1.807) is 0 Å². The van der Waals surface area contributed by atoms with Crippen molar-refractivity contribution in [3.05, 3.63) is 59.2 Å². The largest absolute Gasteiger partial charge is 0.504 e. The van der Waals surface area contributed by atoms with Crippen LogP contribution in [0.3, 0.4) is 0 Å². The molecule has 5 fully saturated rings. The van der Waals surface area contributed by atoms with Gasteiger partial charge in [0.05, 0.1) is 5.60 Å². The number of fused-ring (bicyclic) bond motifs is 1. The first kappa shape index (κ1) is 21.0. The minimum Gasteiger partial charge on any atom is -0.504 e. The highest BCUT2D eigenvalue weighted by atomic mass is 16.7. The Bertz CT molecular complexity index is 1220. The van der Waals surface area contributed by atoms with Gasteiger partial charge in [-0.2, -0.15) is 0 Å². The summed E-state index contributed by atoms with van der Waals surface area (Å²) in [5.74, 6) is 1.31. The van der Waals surface area contributed by atoms with Crippen molar-refractivity contribution in [2.45, 2.75) is 80.6 Å². The van der Waals surface area contributed by atoms with Crippen LogP contribution in [0, 0.1) is 11.3 Å². The lowest BCUT2D eigenvalue weighted by molar-refractivity contribution is -0.378. The third-order valence-corrected chi connectivity index (χ3v) is 11.5. The zero-order valence-electron chi connectivity index (χ0n) is 20.8. The maximum Gasteiger partial charge on any atom is 0.165 e. The van der Waals surface area contributed by atoms with Gasteiger partial charge in [-0.1, -0.05) is 43.3 Å². The van der Waals surface area contributed by atoms with Crippen molar-refractivity contribution in [2.75, 3.05) is 20.4 Å². The van der Waals surface area contributed by atoms with E-state index in [4.69, 9.17) is 14.2 Å². The minimum atomic E-state index is -0.384. The second-order valence-electron chi connectivity index (χ2n) is 12.2. The van der Waals surface area contributed by atoms with E-state index < -0.39 is 0 Å². The van der Waals surface area contributed by atoms with Crippen molar-refractivity contribution in [1.82, 2.24) is 4.90 Å². The summed E-state index contributed by atoms with van der Waals surface area (Å²) in [5.41, 5.74) is 3.41. The molecule has 4 aliphatic carbocycles. The lowest BCUT2D eigenvalue weighted by Crippen LogP contribution is -2.84. The quantitative estimate of drug-likeness (QED) is 0.707. The fourth-order valence-corrected chi connectivity index (χ4v) is 10.1. The lowest BCUT2D eigenvalue weighted by Gasteiger charge is -2.76. The summed E-state index contributed by atoms with van der Waals surface area (Å²) in [4.78, 5) is 2.63. The Morgan fingerprint density at radius 1 is 1.06 bits per heavy atom. The molecule has 5 heteroatoms. The van der Waals surface area contributed by atoms with E-state index in [1.165, 1.54) is 16.7 Å². The number of nitrogens with zero attached hydrogens (tertiary/aromatic N) is 1. The van der Waals surface area contributed by atoms with Crippen LogP contribution in [0.5, 0.6) is 11.5 Å². The number of benzene rings is 2. The number of rotatable bonds is 3. The summed E-state index contributed by atoms with van der Waals surface area (Å²) in [6.07, 6.45) is 7.19. The first-order chi connectivity index (χ1) is 17.0. The second-order valence-corrected chi connectivity index (χ2v) is 12.2. The predicted molar refractivity (Wildman–Crippen MR) is 132 cm³/mol. The molecule has 1 unspecified atom stereocenters. The number of phenolic OH excluding ortho intramolecular Hbond substituents is 1. The van der Waals surface area contributed by atoms with Crippen molar-refractivity contribution in [2.24, 2.45) is 11.3 Å². The average Bonchev–Trinajstić information content (AvgIpc) is 3.26. The number of piperidine rings is 1. The molecule has 2 aromatic rings. The molecule has 9 rings (SSSR count). The van der Waals surface area contributed by atoms with E-state index in [-0.39, 0.29) is 34.1 Å². The van der Waals surface area contributed by atoms with Gasteiger partial charge in [-0.15, -0.1) is 0 Å². The normalized spacial score (nSPS) is 44.5. The van der Waals surface area contributed by atoms with Crippen LogP contribution >= 0.6 is 0 Å². The number of likely N-dealkylation sites (tertiary alicyclic amines) is 1. The number of phenols is 1. The summed E-state index contributed by atoms with van der Waals surface area (Å²) in [6.45, 7) is 3.68.